The van der Waals surface area contributed by atoms with E-state index in [-0.39, 0.29) is 23.8 Å². The van der Waals surface area contributed by atoms with Gasteiger partial charge in [-0.2, -0.15) is 0 Å². The maximum absolute atomic E-state index is 13.1. The fourth-order valence-electron chi connectivity index (χ4n) is 3.11. The third kappa shape index (κ3) is 5.83. The summed E-state index contributed by atoms with van der Waals surface area (Å²) in [5.41, 5.74) is 1.54. The summed E-state index contributed by atoms with van der Waals surface area (Å²) in [4.78, 5) is 40.3. The predicted molar refractivity (Wildman–Crippen MR) is 121 cm³/mol. The molecule has 30 heavy (non-hydrogen) atoms. The van der Waals surface area contributed by atoms with Crippen LogP contribution in [0.5, 0.6) is 0 Å². The van der Waals surface area contributed by atoms with Gasteiger partial charge in [-0.25, -0.2) is 4.79 Å². The van der Waals surface area contributed by atoms with Gasteiger partial charge >= 0.3 is 5.97 Å². The lowest BCUT2D eigenvalue weighted by Gasteiger charge is -2.21. The number of methoxy groups -OCH3 is 1. The molecule has 0 radical (unpaired) electrons. The minimum atomic E-state index is -0.581. The van der Waals surface area contributed by atoms with Gasteiger partial charge in [0.25, 0.3) is 5.91 Å². The van der Waals surface area contributed by atoms with E-state index in [1.165, 1.54) is 7.11 Å². The summed E-state index contributed by atoms with van der Waals surface area (Å²) in [6.45, 7) is 7.01. The molecule has 0 atom stereocenters. The Morgan fingerprint density at radius 3 is 2.23 bits per heavy atom. The summed E-state index contributed by atoms with van der Waals surface area (Å²) in [6, 6.07) is 6.97. The van der Waals surface area contributed by atoms with Crippen LogP contribution in [0.3, 0.4) is 0 Å². The number of benzene rings is 1. The molecule has 2 aromatic rings. The molecular weight excluding hydrogens is 424 g/mol. The number of hydrogen-bond acceptors (Lipinski definition) is 5. The molecule has 0 saturated carbocycles. The van der Waals surface area contributed by atoms with Gasteiger partial charge in [-0.3, -0.25) is 9.59 Å². The van der Waals surface area contributed by atoms with Crippen LogP contribution in [0.4, 0.5) is 5.00 Å². The Balaban J connectivity index is 2.32. The third-order valence-corrected chi connectivity index (χ3v) is 5.98. The first-order valence-corrected chi connectivity index (χ1v) is 11.1. The van der Waals surface area contributed by atoms with Crippen molar-refractivity contribution in [3.63, 3.8) is 0 Å². The highest BCUT2D eigenvalue weighted by atomic mass is 35.5. The topological polar surface area (TPSA) is 75.7 Å². The first-order chi connectivity index (χ1) is 14.3. The second-order valence-corrected chi connectivity index (χ2v) is 8.35. The summed E-state index contributed by atoms with van der Waals surface area (Å²) < 4.78 is 4.90. The SMILES string of the molecule is CCCN(CCC)C(=O)c1sc(NC(=O)Cc2ccc(Cl)cc2)c(C(=O)OC)c1C. The van der Waals surface area contributed by atoms with Crippen LogP contribution >= 0.6 is 22.9 Å². The van der Waals surface area contributed by atoms with Crippen molar-refractivity contribution in [2.45, 2.75) is 40.0 Å². The largest absolute Gasteiger partial charge is 0.465 e. The van der Waals surface area contributed by atoms with Crippen molar-refractivity contribution in [2.24, 2.45) is 0 Å². The van der Waals surface area contributed by atoms with Gasteiger partial charge in [0.1, 0.15) is 5.00 Å². The fraction of sp³-hybridized carbons (Fsp3) is 0.409. The van der Waals surface area contributed by atoms with Crippen LogP contribution in [0.2, 0.25) is 5.02 Å². The number of nitrogens with one attached hydrogen (secondary N) is 1. The lowest BCUT2D eigenvalue weighted by molar-refractivity contribution is -0.115. The van der Waals surface area contributed by atoms with E-state index >= 15 is 0 Å². The minimum absolute atomic E-state index is 0.121. The Morgan fingerprint density at radius 2 is 1.70 bits per heavy atom. The van der Waals surface area contributed by atoms with Crippen molar-refractivity contribution in [1.29, 1.82) is 0 Å². The van der Waals surface area contributed by atoms with Gasteiger partial charge in [0, 0.05) is 18.1 Å². The van der Waals surface area contributed by atoms with Crippen molar-refractivity contribution >= 4 is 45.7 Å². The highest BCUT2D eigenvalue weighted by Crippen LogP contribution is 2.34. The number of halogens is 1. The van der Waals surface area contributed by atoms with Gasteiger partial charge in [0.15, 0.2) is 0 Å². The standard InChI is InChI=1S/C22H27ClN2O4S/c1-5-11-25(12-6-2)21(27)19-14(3)18(22(28)29-4)20(30-19)24-17(26)13-15-7-9-16(23)10-8-15/h7-10H,5-6,11-13H2,1-4H3,(H,24,26). The van der Waals surface area contributed by atoms with Crippen LogP contribution in [0.1, 0.15) is 57.8 Å². The molecule has 0 bridgehead atoms. The van der Waals surface area contributed by atoms with Crippen molar-refractivity contribution in [1.82, 2.24) is 4.90 Å². The van der Waals surface area contributed by atoms with Crippen LogP contribution < -0.4 is 5.32 Å². The molecule has 1 aromatic heterocycles. The first kappa shape index (κ1) is 23.9. The number of ether oxygens (including phenoxy) is 1. The Hall–Kier alpha value is -2.38. The van der Waals surface area contributed by atoms with Gasteiger partial charge in [0.2, 0.25) is 5.91 Å². The van der Waals surface area contributed by atoms with Gasteiger partial charge < -0.3 is 15.0 Å². The van der Waals surface area contributed by atoms with Gasteiger partial charge in [-0.05, 0) is 43.0 Å². The molecule has 2 rings (SSSR count). The molecular formula is C22H27ClN2O4S. The number of carbonyl (C=O) groups excluding carboxylic acids is 3. The molecule has 0 aliphatic carbocycles. The molecule has 1 aromatic carbocycles. The number of hydrogen-bond donors (Lipinski definition) is 1. The van der Waals surface area contributed by atoms with Crippen LogP contribution in [-0.4, -0.2) is 42.9 Å². The molecule has 8 heteroatoms. The average molecular weight is 451 g/mol. The predicted octanol–water partition coefficient (Wildman–Crippen LogP) is 4.94. The Bertz CT molecular complexity index is 903. The quantitative estimate of drug-likeness (QED) is 0.549. The number of thiophene rings is 1. The van der Waals surface area contributed by atoms with E-state index < -0.39 is 5.97 Å². The third-order valence-electron chi connectivity index (χ3n) is 4.54. The fourth-order valence-corrected chi connectivity index (χ4v) is 4.42. The second kappa shape index (κ2) is 11.1. The van der Waals surface area contributed by atoms with Crippen LogP contribution in [-0.2, 0) is 16.0 Å². The van der Waals surface area contributed by atoms with E-state index in [4.69, 9.17) is 16.3 Å². The Morgan fingerprint density at radius 1 is 1.10 bits per heavy atom. The number of nitrogens with zero attached hydrogens (tertiary/aromatic N) is 1. The van der Waals surface area contributed by atoms with Crippen LogP contribution in [0.15, 0.2) is 24.3 Å². The number of carbonyl (C=O) groups is 3. The van der Waals surface area contributed by atoms with Gasteiger partial charge in [0.05, 0.1) is 24.0 Å². The van der Waals surface area contributed by atoms with Gasteiger partial charge in [-0.1, -0.05) is 37.6 Å². The summed E-state index contributed by atoms with van der Waals surface area (Å²) >= 11 is 7.00. The average Bonchev–Trinajstić information content (AvgIpc) is 3.04. The molecule has 0 aliphatic rings. The number of anilines is 1. The van der Waals surface area contributed by atoms with Crippen LogP contribution in [0.25, 0.3) is 0 Å². The summed E-state index contributed by atoms with van der Waals surface area (Å²) in [6.07, 6.45) is 1.80. The molecule has 6 nitrogen and oxygen atoms in total. The summed E-state index contributed by atoms with van der Waals surface area (Å²) in [5, 5.41) is 3.70. The van der Waals surface area contributed by atoms with Crippen molar-refractivity contribution in [2.75, 3.05) is 25.5 Å². The van der Waals surface area contributed by atoms with E-state index in [0.717, 1.165) is 29.7 Å². The highest BCUT2D eigenvalue weighted by Gasteiger charge is 2.28. The lowest BCUT2D eigenvalue weighted by Crippen LogP contribution is -2.32. The monoisotopic (exact) mass is 450 g/mol. The van der Waals surface area contributed by atoms with E-state index in [0.29, 0.717) is 33.6 Å². The van der Waals surface area contributed by atoms with E-state index in [1.807, 2.05) is 13.8 Å². The van der Waals surface area contributed by atoms with E-state index in [9.17, 15) is 14.4 Å². The number of rotatable bonds is 9. The highest BCUT2D eigenvalue weighted by molar-refractivity contribution is 7.18. The smallest absolute Gasteiger partial charge is 0.341 e. The molecule has 0 spiro atoms. The molecule has 2 amide bonds. The maximum atomic E-state index is 13.1. The van der Waals surface area contributed by atoms with Gasteiger partial charge in [-0.15, -0.1) is 11.3 Å². The normalized spacial score (nSPS) is 10.6. The van der Waals surface area contributed by atoms with Crippen LogP contribution in [0, 0.1) is 6.92 Å². The molecule has 162 valence electrons. The van der Waals surface area contributed by atoms with E-state index in [1.54, 1.807) is 36.1 Å². The van der Waals surface area contributed by atoms with Crippen molar-refractivity contribution < 1.29 is 19.1 Å². The molecule has 0 aliphatic heterocycles. The zero-order valence-corrected chi connectivity index (χ0v) is 19.3. The maximum Gasteiger partial charge on any atom is 0.341 e. The molecule has 0 saturated heterocycles. The molecule has 0 fully saturated rings. The minimum Gasteiger partial charge on any atom is -0.465 e. The van der Waals surface area contributed by atoms with Crippen molar-refractivity contribution in [3.8, 4) is 0 Å². The molecule has 1 heterocycles. The molecule has 1 N–H and O–H groups in total. The van der Waals surface area contributed by atoms with Crippen molar-refractivity contribution in [3.05, 3.63) is 50.9 Å². The zero-order chi connectivity index (χ0) is 22.3. The molecule has 0 unspecified atom stereocenters. The second-order valence-electron chi connectivity index (χ2n) is 6.90. The summed E-state index contributed by atoms with van der Waals surface area (Å²) in [7, 11) is 1.28. The zero-order valence-electron chi connectivity index (χ0n) is 17.7. The number of esters is 1. The first-order valence-electron chi connectivity index (χ1n) is 9.87. The Kier molecular flexibility index (Phi) is 8.87. The lowest BCUT2D eigenvalue weighted by atomic mass is 10.1. The Labute approximate surface area is 186 Å². The van der Waals surface area contributed by atoms with E-state index in [2.05, 4.69) is 5.32 Å². The number of amides is 2. The summed E-state index contributed by atoms with van der Waals surface area (Å²) in [5.74, 6) is -1.01.